The number of aromatic nitrogens is 4. The van der Waals surface area contributed by atoms with E-state index >= 15 is 4.39 Å². The van der Waals surface area contributed by atoms with Crippen LogP contribution in [0.2, 0.25) is 0 Å². The molecule has 0 spiro atoms. The highest BCUT2D eigenvalue weighted by atomic mass is 19.1. The van der Waals surface area contributed by atoms with Crippen molar-refractivity contribution in [2.45, 2.75) is 13.1 Å². The first-order valence-corrected chi connectivity index (χ1v) is 13.2. The van der Waals surface area contributed by atoms with E-state index in [1.54, 1.807) is 37.9 Å². The predicted molar refractivity (Wildman–Crippen MR) is 159 cm³/mol. The van der Waals surface area contributed by atoms with Crippen LogP contribution >= 0.6 is 0 Å². The Hall–Kier alpha value is -5.37. The number of H-pyrrole nitrogens is 1. The molecule has 0 unspecified atom stereocenters. The van der Waals surface area contributed by atoms with Crippen molar-refractivity contribution >= 4 is 22.6 Å². The van der Waals surface area contributed by atoms with Crippen LogP contribution in [0.15, 0.2) is 110 Å². The molecule has 3 aromatic carbocycles. The summed E-state index contributed by atoms with van der Waals surface area (Å²) < 4.78 is 15.5. The van der Waals surface area contributed by atoms with Gasteiger partial charge in [0.1, 0.15) is 5.82 Å². The first-order chi connectivity index (χ1) is 20.1. The van der Waals surface area contributed by atoms with Crippen molar-refractivity contribution in [1.82, 2.24) is 25.3 Å². The predicted octanol–water partition coefficient (Wildman–Crippen LogP) is 6.39. The van der Waals surface area contributed by atoms with Crippen molar-refractivity contribution in [3.63, 3.8) is 0 Å². The van der Waals surface area contributed by atoms with Crippen LogP contribution in [0.1, 0.15) is 21.5 Å². The molecule has 7 nitrogen and oxygen atoms in total. The Morgan fingerprint density at radius 3 is 2.20 bits per heavy atom. The van der Waals surface area contributed by atoms with E-state index in [1.807, 2.05) is 48.5 Å². The fraction of sp³-hybridized carbons (Fsp3) is 0.0909. The monoisotopic (exact) mass is 542 g/mol. The quantitative estimate of drug-likeness (QED) is 0.233. The lowest BCUT2D eigenvalue weighted by Gasteiger charge is -2.25. The Bertz CT molecular complexity index is 1770. The fourth-order valence-corrected chi connectivity index (χ4v) is 4.96. The third kappa shape index (κ3) is 5.40. The van der Waals surface area contributed by atoms with Gasteiger partial charge in [-0.15, -0.1) is 0 Å². The molecule has 3 heterocycles. The molecule has 202 valence electrons. The number of aromatic amines is 1. The number of hydrogen-bond donors (Lipinski definition) is 2. The number of carbonyl (C=O) groups is 1. The minimum atomic E-state index is -0.416. The highest BCUT2D eigenvalue weighted by Crippen LogP contribution is 2.35. The van der Waals surface area contributed by atoms with Crippen molar-refractivity contribution in [1.29, 1.82) is 0 Å². The summed E-state index contributed by atoms with van der Waals surface area (Å²) in [5, 5.41) is 3.35. The van der Waals surface area contributed by atoms with E-state index in [9.17, 15) is 4.79 Å². The topological polar surface area (TPSA) is 86.8 Å². The largest absolute Gasteiger partial charge is 0.355 e. The maximum absolute atomic E-state index is 15.5. The summed E-state index contributed by atoms with van der Waals surface area (Å²) in [7, 11) is 1.58. The van der Waals surface area contributed by atoms with E-state index in [2.05, 4.69) is 49.4 Å². The number of anilines is 1. The summed E-state index contributed by atoms with van der Waals surface area (Å²) in [6, 6.07) is 27.1. The number of benzene rings is 3. The maximum atomic E-state index is 15.5. The minimum Gasteiger partial charge on any atom is -0.355 e. The van der Waals surface area contributed by atoms with Crippen LogP contribution in [0.4, 0.5) is 10.2 Å². The van der Waals surface area contributed by atoms with Gasteiger partial charge in [-0.3, -0.25) is 14.8 Å². The molecule has 3 aromatic heterocycles. The lowest BCUT2D eigenvalue weighted by Crippen LogP contribution is -2.24. The zero-order chi connectivity index (χ0) is 28.2. The van der Waals surface area contributed by atoms with Gasteiger partial charge in [-0.05, 0) is 29.3 Å². The number of carbonyl (C=O) groups excluding carboxylic acids is 1. The third-order valence-corrected chi connectivity index (χ3v) is 6.97. The molecule has 0 fully saturated rings. The van der Waals surface area contributed by atoms with Gasteiger partial charge >= 0.3 is 0 Å². The van der Waals surface area contributed by atoms with Crippen molar-refractivity contribution in [3.8, 4) is 22.5 Å². The van der Waals surface area contributed by atoms with E-state index in [0.29, 0.717) is 57.9 Å². The van der Waals surface area contributed by atoms with Crippen LogP contribution in [0.5, 0.6) is 0 Å². The molecule has 8 heteroatoms. The smallest absolute Gasteiger partial charge is 0.253 e. The molecule has 0 aliphatic carbocycles. The van der Waals surface area contributed by atoms with Gasteiger partial charge in [0.2, 0.25) is 0 Å². The number of fused-ring (bicyclic) bond motifs is 1. The SMILES string of the molecule is CNC(=O)c1cnc(N(Cc2ccccc2)Cc2ccccc2)c2[nH]c(-c3ccc(-c4cnccn4)cc3F)cc12. The summed E-state index contributed by atoms with van der Waals surface area (Å²) in [6.07, 6.45) is 6.33. The van der Waals surface area contributed by atoms with E-state index in [1.165, 1.54) is 6.07 Å². The summed E-state index contributed by atoms with van der Waals surface area (Å²) in [4.78, 5) is 31.5. The second-order valence-electron chi connectivity index (χ2n) is 9.66. The lowest BCUT2D eigenvalue weighted by atomic mass is 10.1. The van der Waals surface area contributed by atoms with E-state index in [4.69, 9.17) is 4.98 Å². The standard InChI is InChI=1S/C33H27FN6O/c1-35-33(41)27-18-38-32(40(20-22-8-4-2-5-9-22)21-23-10-6-3-7-11-23)31-26(27)17-29(39-31)25-13-12-24(16-28(25)34)30-19-36-14-15-37-30/h2-19,39H,20-21H2,1H3,(H,35,41). The highest BCUT2D eigenvalue weighted by Gasteiger charge is 2.21. The average Bonchev–Trinajstić information content (AvgIpc) is 3.46. The van der Waals surface area contributed by atoms with Gasteiger partial charge in [0.05, 0.1) is 23.0 Å². The van der Waals surface area contributed by atoms with Crippen molar-refractivity contribution < 1.29 is 9.18 Å². The second kappa shape index (κ2) is 11.4. The Morgan fingerprint density at radius 2 is 1.59 bits per heavy atom. The maximum Gasteiger partial charge on any atom is 0.253 e. The average molecular weight is 543 g/mol. The van der Waals surface area contributed by atoms with E-state index < -0.39 is 5.82 Å². The molecule has 6 aromatic rings. The minimum absolute atomic E-state index is 0.268. The fourth-order valence-electron chi connectivity index (χ4n) is 4.96. The van der Waals surface area contributed by atoms with Crippen LogP contribution in [-0.2, 0) is 13.1 Å². The van der Waals surface area contributed by atoms with Gasteiger partial charge in [0.25, 0.3) is 5.91 Å². The number of pyridine rings is 1. The zero-order valence-electron chi connectivity index (χ0n) is 22.4. The summed E-state index contributed by atoms with van der Waals surface area (Å²) in [5.74, 6) is -0.0138. The van der Waals surface area contributed by atoms with E-state index in [0.717, 1.165) is 11.1 Å². The number of nitrogens with zero attached hydrogens (tertiary/aromatic N) is 4. The normalized spacial score (nSPS) is 11.0. The van der Waals surface area contributed by atoms with E-state index in [-0.39, 0.29) is 5.91 Å². The van der Waals surface area contributed by atoms with Crippen molar-refractivity contribution in [2.75, 3.05) is 11.9 Å². The van der Waals surface area contributed by atoms with Crippen LogP contribution < -0.4 is 10.2 Å². The van der Waals surface area contributed by atoms with Crippen LogP contribution in [0, 0.1) is 5.82 Å². The molecule has 0 aliphatic rings. The molecule has 41 heavy (non-hydrogen) atoms. The zero-order valence-corrected chi connectivity index (χ0v) is 22.4. The number of rotatable bonds is 8. The molecule has 6 rings (SSSR count). The number of hydrogen-bond acceptors (Lipinski definition) is 5. The highest BCUT2D eigenvalue weighted by molar-refractivity contribution is 6.09. The number of nitrogens with one attached hydrogen (secondary N) is 2. The molecule has 0 saturated heterocycles. The Labute approximate surface area is 236 Å². The van der Waals surface area contributed by atoms with Gasteiger partial charge in [0.15, 0.2) is 5.82 Å². The van der Waals surface area contributed by atoms with Gasteiger partial charge in [-0.2, -0.15) is 0 Å². The summed E-state index contributed by atoms with van der Waals surface area (Å²) in [6.45, 7) is 1.18. The van der Waals surface area contributed by atoms with Gasteiger partial charge in [-0.1, -0.05) is 66.7 Å². The molecule has 0 atom stereocenters. The third-order valence-electron chi connectivity index (χ3n) is 6.97. The van der Waals surface area contributed by atoms with Crippen molar-refractivity contribution in [2.24, 2.45) is 0 Å². The summed E-state index contributed by atoms with van der Waals surface area (Å²) in [5.41, 5.74) is 5.43. The lowest BCUT2D eigenvalue weighted by molar-refractivity contribution is 0.0964. The Morgan fingerprint density at radius 1 is 0.878 bits per heavy atom. The van der Waals surface area contributed by atoms with Gasteiger partial charge in [-0.25, -0.2) is 9.37 Å². The van der Waals surface area contributed by atoms with Gasteiger partial charge in [0, 0.05) is 60.9 Å². The van der Waals surface area contributed by atoms with Crippen molar-refractivity contribution in [3.05, 3.63) is 132 Å². The number of halogens is 1. The molecule has 2 N–H and O–H groups in total. The molecule has 0 bridgehead atoms. The Balaban J connectivity index is 1.48. The molecule has 1 amide bonds. The Kier molecular flexibility index (Phi) is 7.19. The molecule has 0 radical (unpaired) electrons. The van der Waals surface area contributed by atoms with Crippen LogP contribution in [-0.4, -0.2) is 32.9 Å². The molecule has 0 saturated carbocycles. The first-order valence-electron chi connectivity index (χ1n) is 13.2. The van der Waals surface area contributed by atoms with Crippen LogP contribution in [0.25, 0.3) is 33.4 Å². The number of amides is 1. The first kappa shape index (κ1) is 25.9. The molecular formula is C33H27FN6O. The van der Waals surface area contributed by atoms with Gasteiger partial charge < -0.3 is 15.2 Å². The molecular weight excluding hydrogens is 515 g/mol. The summed E-state index contributed by atoms with van der Waals surface area (Å²) >= 11 is 0. The van der Waals surface area contributed by atoms with Crippen LogP contribution in [0.3, 0.4) is 0 Å². The molecule has 0 aliphatic heterocycles. The second-order valence-corrected chi connectivity index (χ2v) is 9.66.